The maximum absolute atomic E-state index is 6.27. The topological polar surface area (TPSA) is 43.8 Å². The molecule has 1 aromatic rings. The van der Waals surface area contributed by atoms with E-state index in [0.717, 1.165) is 19.4 Å². The second kappa shape index (κ2) is 4.81. The minimum absolute atomic E-state index is 0.352. The van der Waals surface area contributed by atoms with Crippen LogP contribution in [0.4, 0.5) is 0 Å². The third-order valence-corrected chi connectivity index (χ3v) is 4.16. The van der Waals surface area contributed by atoms with Gasteiger partial charge in [0.25, 0.3) is 0 Å². The van der Waals surface area contributed by atoms with Crippen molar-refractivity contribution in [2.45, 2.75) is 59.0 Å². The van der Waals surface area contributed by atoms with Crippen molar-refractivity contribution in [3.05, 3.63) is 18.2 Å². The molecule has 1 aliphatic rings. The molecule has 1 aliphatic carbocycles. The van der Waals surface area contributed by atoms with Crippen LogP contribution in [0.25, 0.3) is 0 Å². The molecule has 0 aromatic carbocycles. The summed E-state index contributed by atoms with van der Waals surface area (Å²) in [6, 6.07) is 0.352. The minimum atomic E-state index is 0.352. The summed E-state index contributed by atoms with van der Waals surface area (Å²) in [6.07, 6.45) is 8.64. The summed E-state index contributed by atoms with van der Waals surface area (Å²) in [7, 11) is 0. The van der Waals surface area contributed by atoms with Gasteiger partial charge in [-0.25, -0.2) is 4.98 Å². The van der Waals surface area contributed by atoms with Crippen LogP contribution in [0.15, 0.2) is 12.4 Å². The molecule has 17 heavy (non-hydrogen) atoms. The van der Waals surface area contributed by atoms with Crippen molar-refractivity contribution in [1.29, 1.82) is 0 Å². The molecule has 3 heteroatoms. The number of hydrogen-bond donors (Lipinski definition) is 1. The fourth-order valence-electron chi connectivity index (χ4n) is 3.03. The number of imidazole rings is 1. The van der Waals surface area contributed by atoms with Gasteiger partial charge in [-0.3, -0.25) is 0 Å². The average molecular weight is 235 g/mol. The summed E-state index contributed by atoms with van der Waals surface area (Å²) in [6.45, 7) is 7.88. The molecule has 2 atom stereocenters. The lowest BCUT2D eigenvalue weighted by atomic mass is 9.69. The highest BCUT2D eigenvalue weighted by Crippen LogP contribution is 2.39. The third-order valence-electron chi connectivity index (χ3n) is 4.16. The summed E-state index contributed by atoms with van der Waals surface area (Å²) >= 11 is 0. The van der Waals surface area contributed by atoms with Gasteiger partial charge in [0.1, 0.15) is 5.82 Å². The predicted molar refractivity (Wildman–Crippen MR) is 70.7 cm³/mol. The zero-order chi connectivity index (χ0) is 12.5. The molecule has 2 unspecified atom stereocenters. The zero-order valence-electron chi connectivity index (χ0n) is 11.3. The van der Waals surface area contributed by atoms with Gasteiger partial charge in [-0.1, -0.05) is 13.8 Å². The SMILES string of the molecule is CCn1ccnc1CC1CC(C)(C)CCC1N. The highest BCUT2D eigenvalue weighted by molar-refractivity contribution is 4.98. The van der Waals surface area contributed by atoms with Gasteiger partial charge < -0.3 is 10.3 Å². The Kier molecular flexibility index (Phi) is 3.57. The molecule has 0 radical (unpaired) electrons. The van der Waals surface area contributed by atoms with Gasteiger partial charge in [-0.2, -0.15) is 0 Å². The first kappa shape index (κ1) is 12.6. The molecule has 1 heterocycles. The Hall–Kier alpha value is -0.830. The minimum Gasteiger partial charge on any atom is -0.335 e. The molecule has 3 nitrogen and oxygen atoms in total. The third kappa shape index (κ3) is 2.89. The largest absolute Gasteiger partial charge is 0.335 e. The van der Waals surface area contributed by atoms with E-state index in [1.54, 1.807) is 0 Å². The number of hydrogen-bond acceptors (Lipinski definition) is 2. The lowest BCUT2D eigenvalue weighted by Crippen LogP contribution is -2.40. The van der Waals surface area contributed by atoms with E-state index in [0.29, 0.717) is 17.4 Å². The predicted octanol–water partition coefficient (Wildman–Crippen LogP) is 2.60. The number of rotatable bonds is 3. The van der Waals surface area contributed by atoms with E-state index in [1.807, 2.05) is 6.20 Å². The van der Waals surface area contributed by atoms with Crippen molar-refractivity contribution in [2.75, 3.05) is 0 Å². The van der Waals surface area contributed by atoms with E-state index in [4.69, 9.17) is 5.73 Å². The monoisotopic (exact) mass is 235 g/mol. The van der Waals surface area contributed by atoms with Crippen LogP contribution in [0.2, 0.25) is 0 Å². The van der Waals surface area contributed by atoms with Crippen molar-refractivity contribution in [1.82, 2.24) is 9.55 Å². The molecule has 0 bridgehead atoms. The Morgan fingerprint density at radius 3 is 3.00 bits per heavy atom. The molecule has 0 amide bonds. The van der Waals surface area contributed by atoms with Crippen LogP contribution in [0.5, 0.6) is 0 Å². The number of aromatic nitrogens is 2. The van der Waals surface area contributed by atoms with E-state index >= 15 is 0 Å². The van der Waals surface area contributed by atoms with Gasteiger partial charge >= 0.3 is 0 Å². The molecule has 96 valence electrons. The van der Waals surface area contributed by atoms with Crippen molar-refractivity contribution < 1.29 is 0 Å². The molecule has 1 aromatic heterocycles. The maximum Gasteiger partial charge on any atom is 0.108 e. The summed E-state index contributed by atoms with van der Waals surface area (Å²) in [5.74, 6) is 1.79. The Morgan fingerprint density at radius 1 is 1.53 bits per heavy atom. The molecular weight excluding hydrogens is 210 g/mol. The smallest absolute Gasteiger partial charge is 0.108 e. The first-order valence-electron chi connectivity index (χ1n) is 6.77. The average Bonchev–Trinajstić information content (AvgIpc) is 2.70. The van der Waals surface area contributed by atoms with Crippen molar-refractivity contribution in [3.63, 3.8) is 0 Å². The van der Waals surface area contributed by atoms with E-state index in [1.165, 1.54) is 18.7 Å². The van der Waals surface area contributed by atoms with Gasteiger partial charge in [0, 0.05) is 31.4 Å². The number of nitrogens with zero attached hydrogens (tertiary/aromatic N) is 2. The van der Waals surface area contributed by atoms with E-state index < -0.39 is 0 Å². The standard InChI is InChI=1S/C14H25N3/c1-4-17-8-7-16-13(17)9-11-10-14(2,3)6-5-12(11)15/h7-8,11-12H,4-6,9-10,15H2,1-3H3. The van der Waals surface area contributed by atoms with Crippen molar-refractivity contribution in [2.24, 2.45) is 17.1 Å². The van der Waals surface area contributed by atoms with Gasteiger partial charge in [0.2, 0.25) is 0 Å². The van der Waals surface area contributed by atoms with Crippen LogP contribution in [0.3, 0.4) is 0 Å². The normalized spacial score (nSPS) is 28.2. The highest BCUT2D eigenvalue weighted by atomic mass is 15.1. The molecule has 0 aliphatic heterocycles. The first-order chi connectivity index (χ1) is 8.02. The molecular formula is C14H25N3. The van der Waals surface area contributed by atoms with Gasteiger partial charge in [0.05, 0.1) is 0 Å². The second-order valence-corrected chi connectivity index (χ2v) is 6.16. The fraction of sp³-hybridized carbons (Fsp3) is 0.786. The summed E-state index contributed by atoms with van der Waals surface area (Å²) in [5.41, 5.74) is 6.72. The lowest BCUT2D eigenvalue weighted by Gasteiger charge is -2.39. The number of aryl methyl sites for hydroxylation is 1. The molecule has 0 saturated heterocycles. The van der Waals surface area contributed by atoms with Crippen molar-refractivity contribution in [3.8, 4) is 0 Å². The van der Waals surface area contributed by atoms with Crippen LogP contribution < -0.4 is 5.73 Å². The summed E-state index contributed by atoms with van der Waals surface area (Å²) < 4.78 is 2.23. The van der Waals surface area contributed by atoms with Gasteiger partial charge in [0.15, 0.2) is 0 Å². The molecule has 2 N–H and O–H groups in total. The van der Waals surface area contributed by atoms with Crippen LogP contribution in [0.1, 0.15) is 45.9 Å². The van der Waals surface area contributed by atoms with Gasteiger partial charge in [-0.05, 0) is 37.5 Å². The summed E-state index contributed by atoms with van der Waals surface area (Å²) in [5, 5.41) is 0. The van der Waals surface area contributed by atoms with Crippen LogP contribution in [-0.4, -0.2) is 15.6 Å². The van der Waals surface area contributed by atoms with Gasteiger partial charge in [-0.15, -0.1) is 0 Å². The lowest BCUT2D eigenvalue weighted by molar-refractivity contribution is 0.155. The van der Waals surface area contributed by atoms with Crippen molar-refractivity contribution >= 4 is 0 Å². The Bertz CT molecular complexity index is 367. The number of nitrogens with two attached hydrogens (primary N) is 1. The molecule has 1 saturated carbocycles. The molecule has 0 spiro atoms. The van der Waals surface area contributed by atoms with Crippen LogP contribution in [-0.2, 0) is 13.0 Å². The molecule has 1 fully saturated rings. The quantitative estimate of drug-likeness (QED) is 0.875. The second-order valence-electron chi connectivity index (χ2n) is 6.16. The zero-order valence-corrected chi connectivity index (χ0v) is 11.3. The maximum atomic E-state index is 6.27. The Labute approximate surface area is 104 Å². The van der Waals surface area contributed by atoms with Crippen LogP contribution in [0, 0.1) is 11.3 Å². The van der Waals surface area contributed by atoms with Crippen LogP contribution >= 0.6 is 0 Å². The Balaban J connectivity index is 2.06. The van der Waals surface area contributed by atoms with E-state index in [9.17, 15) is 0 Å². The first-order valence-corrected chi connectivity index (χ1v) is 6.77. The summed E-state index contributed by atoms with van der Waals surface area (Å²) in [4.78, 5) is 4.47. The fourth-order valence-corrected chi connectivity index (χ4v) is 3.03. The van der Waals surface area contributed by atoms with E-state index in [2.05, 4.69) is 36.5 Å². The highest BCUT2D eigenvalue weighted by Gasteiger charge is 2.33. The van der Waals surface area contributed by atoms with E-state index in [-0.39, 0.29) is 0 Å². The molecule has 2 rings (SSSR count). The Morgan fingerprint density at radius 2 is 2.29 bits per heavy atom.